The lowest BCUT2D eigenvalue weighted by molar-refractivity contribution is 0.119. The van der Waals surface area contributed by atoms with Gasteiger partial charge in [0.15, 0.2) is 11.5 Å². The van der Waals surface area contributed by atoms with Crippen LogP contribution in [0.3, 0.4) is 0 Å². The number of hydrogen-bond acceptors (Lipinski definition) is 4. The molecule has 2 atom stereocenters. The SMILES string of the molecule is CCC(NC1CCCC1)C(O)c1ccc(Oc2ccc(C)cc2)c(Oc2ccc(C)cc2)c1.Cl. The van der Waals surface area contributed by atoms with Crippen LogP contribution in [-0.2, 0) is 0 Å². The van der Waals surface area contributed by atoms with Gasteiger partial charge in [-0.15, -0.1) is 12.4 Å². The second-order valence-corrected chi connectivity index (χ2v) is 9.14. The van der Waals surface area contributed by atoms with Crippen molar-refractivity contribution >= 4 is 12.4 Å². The lowest BCUT2D eigenvalue weighted by Crippen LogP contribution is -2.40. The third-order valence-electron chi connectivity index (χ3n) is 6.43. The second kappa shape index (κ2) is 12.3. The van der Waals surface area contributed by atoms with E-state index < -0.39 is 6.10 Å². The maximum atomic E-state index is 11.2. The molecular weight excluding hydrogens is 446 g/mol. The number of aryl methyl sites for hydroxylation is 2. The molecule has 0 heterocycles. The molecule has 34 heavy (non-hydrogen) atoms. The van der Waals surface area contributed by atoms with Gasteiger partial charge in [0.1, 0.15) is 11.5 Å². The van der Waals surface area contributed by atoms with E-state index in [1.165, 1.54) is 36.8 Å². The van der Waals surface area contributed by atoms with E-state index in [4.69, 9.17) is 9.47 Å². The van der Waals surface area contributed by atoms with E-state index in [2.05, 4.69) is 26.1 Å². The number of aliphatic hydroxyl groups excluding tert-OH is 1. The van der Waals surface area contributed by atoms with Gasteiger partial charge in [-0.05, 0) is 75.1 Å². The molecular formula is C29H36ClNO3. The first-order valence-electron chi connectivity index (χ1n) is 12.1. The van der Waals surface area contributed by atoms with Gasteiger partial charge in [-0.3, -0.25) is 0 Å². The molecule has 1 fully saturated rings. The van der Waals surface area contributed by atoms with E-state index in [-0.39, 0.29) is 18.4 Å². The van der Waals surface area contributed by atoms with Crippen molar-refractivity contribution in [2.75, 3.05) is 0 Å². The molecule has 2 unspecified atom stereocenters. The molecule has 0 aliphatic heterocycles. The fourth-order valence-corrected chi connectivity index (χ4v) is 4.40. The summed E-state index contributed by atoms with van der Waals surface area (Å²) in [5.74, 6) is 2.69. The number of halogens is 1. The number of ether oxygens (including phenoxy) is 2. The zero-order chi connectivity index (χ0) is 23.2. The van der Waals surface area contributed by atoms with Crippen molar-refractivity contribution in [3.63, 3.8) is 0 Å². The number of nitrogens with one attached hydrogen (secondary N) is 1. The number of aliphatic hydroxyl groups is 1. The molecule has 1 saturated carbocycles. The average Bonchev–Trinajstić information content (AvgIpc) is 3.34. The molecule has 0 spiro atoms. The van der Waals surface area contributed by atoms with Gasteiger partial charge in [0, 0.05) is 12.1 Å². The Hall–Kier alpha value is -2.53. The second-order valence-electron chi connectivity index (χ2n) is 9.14. The van der Waals surface area contributed by atoms with Crippen LogP contribution >= 0.6 is 12.4 Å². The Labute approximate surface area is 209 Å². The highest BCUT2D eigenvalue weighted by molar-refractivity contribution is 5.85. The smallest absolute Gasteiger partial charge is 0.170 e. The number of hydrogen-bond donors (Lipinski definition) is 2. The Morgan fingerprint density at radius 3 is 1.88 bits per heavy atom. The van der Waals surface area contributed by atoms with E-state index in [9.17, 15) is 5.11 Å². The molecule has 3 aromatic carbocycles. The summed E-state index contributed by atoms with van der Waals surface area (Å²) in [6, 6.07) is 22.1. The molecule has 0 aromatic heterocycles. The van der Waals surface area contributed by atoms with Gasteiger partial charge in [0.05, 0.1) is 6.10 Å². The molecule has 3 aromatic rings. The lowest BCUT2D eigenvalue weighted by Gasteiger charge is -2.27. The minimum atomic E-state index is -0.621. The van der Waals surface area contributed by atoms with Crippen molar-refractivity contribution < 1.29 is 14.6 Å². The van der Waals surface area contributed by atoms with E-state index in [1.54, 1.807) is 0 Å². The summed E-state index contributed by atoms with van der Waals surface area (Å²) in [5.41, 5.74) is 3.18. The van der Waals surface area contributed by atoms with Crippen molar-refractivity contribution in [2.24, 2.45) is 0 Å². The Kier molecular flexibility index (Phi) is 9.40. The fraction of sp³-hybridized carbons (Fsp3) is 0.379. The molecule has 4 rings (SSSR count). The first-order chi connectivity index (χ1) is 16.0. The van der Waals surface area contributed by atoms with Crippen LogP contribution < -0.4 is 14.8 Å². The molecule has 0 saturated heterocycles. The Morgan fingerprint density at radius 2 is 1.35 bits per heavy atom. The van der Waals surface area contributed by atoms with Crippen molar-refractivity contribution in [3.8, 4) is 23.0 Å². The van der Waals surface area contributed by atoms with Gasteiger partial charge in [-0.25, -0.2) is 0 Å². The van der Waals surface area contributed by atoms with E-state index in [0.29, 0.717) is 17.5 Å². The molecule has 5 heteroatoms. The maximum absolute atomic E-state index is 11.2. The fourth-order valence-electron chi connectivity index (χ4n) is 4.40. The minimum absolute atomic E-state index is 0. The topological polar surface area (TPSA) is 50.7 Å². The van der Waals surface area contributed by atoms with Crippen LogP contribution in [0.5, 0.6) is 23.0 Å². The van der Waals surface area contributed by atoms with Crippen LogP contribution in [0.1, 0.15) is 61.8 Å². The van der Waals surface area contributed by atoms with Crippen LogP contribution in [-0.4, -0.2) is 17.2 Å². The molecule has 0 radical (unpaired) electrons. The summed E-state index contributed by atoms with van der Waals surface area (Å²) in [4.78, 5) is 0. The van der Waals surface area contributed by atoms with E-state index >= 15 is 0 Å². The van der Waals surface area contributed by atoms with E-state index in [1.807, 2.05) is 66.7 Å². The predicted molar refractivity (Wildman–Crippen MR) is 141 cm³/mol. The molecule has 0 bridgehead atoms. The largest absolute Gasteiger partial charge is 0.453 e. The molecule has 182 valence electrons. The monoisotopic (exact) mass is 481 g/mol. The quantitative estimate of drug-likeness (QED) is 0.329. The van der Waals surface area contributed by atoms with Crippen molar-refractivity contribution in [1.29, 1.82) is 0 Å². The Balaban J connectivity index is 0.00000324. The summed E-state index contributed by atoms with van der Waals surface area (Å²) in [6.07, 6.45) is 5.15. The highest BCUT2D eigenvalue weighted by Gasteiger charge is 2.25. The molecule has 4 nitrogen and oxygen atoms in total. The van der Waals surface area contributed by atoms with Gasteiger partial charge in [0.25, 0.3) is 0 Å². The third-order valence-corrected chi connectivity index (χ3v) is 6.43. The predicted octanol–water partition coefficient (Wildman–Crippen LogP) is 7.65. The first kappa shape index (κ1) is 26.1. The van der Waals surface area contributed by atoms with Crippen LogP contribution in [0.2, 0.25) is 0 Å². The van der Waals surface area contributed by atoms with E-state index in [0.717, 1.165) is 23.5 Å². The highest BCUT2D eigenvalue weighted by Crippen LogP contribution is 2.38. The van der Waals surface area contributed by atoms with Gasteiger partial charge in [0.2, 0.25) is 0 Å². The number of benzene rings is 3. The molecule has 0 amide bonds. The summed E-state index contributed by atoms with van der Waals surface area (Å²) in [5, 5.41) is 14.9. The summed E-state index contributed by atoms with van der Waals surface area (Å²) in [6.45, 7) is 6.22. The zero-order valence-electron chi connectivity index (χ0n) is 20.3. The van der Waals surface area contributed by atoms with Gasteiger partial charge in [-0.1, -0.05) is 61.2 Å². The first-order valence-corrected chi connectivity index (χ1v) is 12.1. The van der Waals surface area contributed by atoms with Crippen molar-refractivity contribution in [1.82, 2.24) is 5.32 Å². The normalized spacial score (nSPS) is 15.4. The van der Waals surface area contributed by atoms with Gasteiger partial charge < -0.3 is 19.9 Å². The molecule has 2 N–H and O–H groups in total. The number of rotatable bonds is 9. The summed E-state index contributed by atoms with van der Waals surface area (Å²) >= 11 is 0. The lowest BCUT2D eigenvalue weighted by atomic mass is 9.98. The average molecular weight is 482 g/mol. The Bertz CT molecular complexity index is 1030. The zero-order valence-corrected chi connectivity index (χ0v) is 21.1. The van der Waals surface area contributed by atoms with Crippen LogP contribution in [0.4, 0.5) is 0 Å². The van der Waals surface area contributed by atoms with Crippen LogP contribution in [0.15, 0.2) is 66.7 Å². The van der Waals surface area contributed by atoms with Gasteiger partial charge >= 0.3 is 0 Å². The summed E-state index contributed by atoms with van der Waals surface area (Å²) in [7, 11) is 0. The highest BCUT2D eigenvalue weighted by atomic mass is 35.5. The van der Waals surface area contributed by atoms with Crippen LogP contribution in [0, 0.1) is 13.8 Å². The Morgan fingerprint density at radius 1 is 0.824 bits per heavy atom. The van der Waals surface area contributed by atoms with Crippen LogP contribution in [0.25, 0.3) is 0 Å². The minimum Gasteiger partial charge on any atom is -0.453 e. The summed E-state index contributed by atoms with van der Waals surface area (Å²) < 4.78 is 12.4. The molecule has 1 aliphatic carbocycles. The van der Waals surface area contributed by atoms with Gasteiger partial charge in [-0.2, -0.15) is 0 Å². The van der Waals surface area contributed by atoms with Crippen molar-refractivity contribution in [2.45, 2.75) is 71.1 Å². The maximum Gasteiger partial charge on any atom is 0.170 e. The standard InChI is InChI=1S/C29H35NO3.ClH/c1-4-26(30-23-7-5-6-8-23)29(31)22-13-18-27(32-24-14-9-20(2)10-15-24)28(19-22)33-25-16-11-21(3)12-17-25;/h9-19,23,26,29-31H,4-8H2,1-3H3;1H. The third kappa shape index (κ3) is 6.75. The van der Waals surface area contributed by atoms with Crippen molar-refractivity contribution in [3.05, 3.63) is 83.4 Å². The molecule has 1 aliphatic rings.